The minimum Gasteiger partial charge on any atom is -0.495 e. The molecule has 154 valence electrons. The van der Waals surface area contributed by atoms with Crippen molar-refractivity contribution in [3.63, 3.8) is 0 Å². The fourth-order valence-corrected chi connectivity index (χ4v) is 3.44. The highest BCUT2D eigenvalue weighted by Gasteiger charge is 2.25. The highest BCUT2D eigenvalue weighted by Crippen LogP contribution is 2.33. The number of aryl methyl sites for hydroxylation is 1. The SMILES string of the molecule is CN=C(NCCCn1cccn1)NC1CCN(c2cc(Cl)ccc2OC)C1.I. The maximum atomic E-state index is 6.17. The van der Waals surface area contributed by atoms with Crippen molar-refractivity contribution >= 4 is 47.2 Å². The number of ether oxygens (including phenoxy) is 1. The summed E-state index contributed by atoms with van der Waals surface area (Å²) in [4.78, 5) is 6.64. The van der Waals surface area contributed by atoms with Gasteiger partial charge in [-0.15, -0.1) is 24.0 Å². The van der Waals surface area contributed by atoms with Crippen LogP contribution in [0.5, 0.6) is 5.75 Å². The number of aliphatic imine (C=N–C) groups is 1. The van der Waals surface area contributed by atoms with Gasteiger partial charge in [-0.05, 0) is 37.1 Å². The lowest BCUT2D eigenvalue weighted by atomic mass is 10.2. The second-order valence-electron chi connectivity index (χ2n) is 6.51. The Morgan fingerprint density at radius 3 is 3.00 bits per heavy atom. The molecule has 0 amide bonds. The second kappa shape index (κ2) is 11.4. The zero-order valence-corrected chi connectivity index (χ0v) is 19.4. The Bertz CT molecular complexity index is 755. The first-order valence-electron chi connectivity index (χ1n) is 9.22. The Morgan fingerprint density at radius 1 is 1.43 bits per heavy atom. The molecule has 1 atom stereocenters. The number of hydrogen-bond donors (Lipinski definition) is 2. The lowest BCUT2D eigenvalue weighted by molar-refractivity contribution is 0.415. The molecule has 1 unspecified atom stereocenters. The van der Waals surface area contributed by atoms with Gasteiger partial charge in [-0.3, -0.25) is 9.67 Å². The van der Waals surface area contributed by atoms with Crippen LogP contribution in [0.2, 0.25) is 5.02 Å². The number of methoxy groups -OCH3 is 1. The van der Waals surface area contributed by atoms with Crippen molar-refractivity contribution in [2.75, 3.05) is 38.7 Å². The van der Waals surface area contributed by atoms with E-state index in [-0.39, 0.29) is 24.0 Å². The number of guanidine groups is 1. The summed E-state index contributed by atoms with van der Waals surface area (Å²) in [5.41, 5.74) is 1.04. The fraction of sp³-hybridized carbons (Fsp3) is 0.474. The molecule has 28 heavy (non-hydrogen) atoms. The first-order chi connectivity index (χ1) is 13.2. The molecule has 7 nitrogen and oxygen atoms in total. The molecule has 2 N–H and O–H groups in total. The molecule has 0 aliphatic carbocycles. The van der Waals surface area contributed by atoms with Crippen molar-refractivity contribution < 1.29 is 4.74 Å². The Labute approximate surface area is 188 Å². The summed E-state index contributed by atoms with van der Waals surface area (Å²) < 4.78 is 7.42. The first-order valence-corrected chi connectivity index (χ1v) is 9.60. The number of hydrogen-bond acceptors (Lipinski definition) is 4. The molecule has 1 aliphatic heterocycles. The maximum absolute atomic E-state index is 6.17. The Hall–Kier alpha value is -1.68. The summed E-state index contributed by atoms with van der Waals surface area (Å²) in [7, 11) is 3.49. The van der Waals surface area contributed by atoms with Crippen LogP contribution >= 0.6 is 35.6 Å². The van der Waals surface area contributed by atoms with E-state index in [0.29, 0.717) is 6.04 Å². The summed E-state index contributed by atoms with van der Waals surface area (Å²) in [6.07, 6.45) is 5.79. The molecule has 2 aromatic rings. The van der Waals surface area contributed by atoms with Crippen LogP contribution in [0.25, 0.3) is 0 Å². The molecule has 3 rings (SSSR count). The van der Waals surface area contributed by atoms with E-state index < -0.39 is 0 Å². The fourth-order valence-electron chi connectivity index (χ4n) is 3.28. The summed E-state index contributed by atoms with van der Waals surface area (Å²) in [5.74, 6) is 1.68. The van der Waals surface area contributed by atoms with Crippen LogP contribution in [-0.4, -0.2) is 55.6 Å². The predicted molar refractivity (Wildman–Crippen MR) is 125 cm³/mol. The van der Waals surface area contributed by atoms with Crippen molar-refractivity contribution in [2.24, 2.45) is 4.99 Å². The first kappa shape index (κ1) is 22.6. The molecule has 1 aromatic carbocycles. The minimum absolute atomic E-state index is 0. The van der Waals surface area contributed by atoms with Crippen molar-refractivity contribution in [3.05, 3.63) is 41.7 Å². The number of anilines is 1. The average molecular weight is 519 g/mol. The van der Waals surface area contributed by atoms with E-state index >= 15 is 0 Å². The molecule has 1 aromatic heterocycles. The average Bonchev–Trinajstić information content (AvgIpc) is 3.36. The van der Waals surface area contributed by atoms with Gasteiger partial charge in [-0.25, -0.2) is 0 Å². The molecular formula is C19H28ClIN6O. The molecule has 9 heteroatoms. The smallest absolute Gasteiger partial charge is 0.191 e. The van der Waals surface area contributed by atoms with Gasteiger partial charge in [-0.2, -0.15) is 5.10 Å². The second-order valence-corrected chi connectivity index (χ2v) is 6.95. The van der Waals surface area contributed by atoms with Crippen LogP contribution in [0.4, 0.5) is 5.69 Å². The van der Waals surface area contributed by atoms with E-state index in [1.807, 2.05) is 35.1 Å². The van der Waals surface area contributed by atoms with Gasteiger partial charge in [0.25, 0.3) is 0 Å². The Balaban J connectivity index is 0.00000280. The standard InChI is InChI=1S/C19H27ClN6O.HI/c1-21-19(22-8-3-10-26-11-4-9-23-26)24-16-7-12-25(14-16)17-13-15(20)5-6-18(17)27-2;/h4-6,9,11,13,16H,3,7-8,10,12,14H2,1-2H3,(H2,21,22,24);1H. The molecule has 1 saturated heterocycles. The summed E-state index contributed by atoms with van der Waals surface area (Å²) in [6.45, 7) is 3.57. The molecule has 0 bridgehead atoms. The maximum Gasteiger partial charge on any atom is 0.191 e. The summed E-state index contributed by atoms with van der Waals surface area (Å²) in [5, 5.41) is 11.8. The van der Waals surface area contributed by atoms with Crippen molar-refractivity contribution in [1.82, 2.24) is 20.4 Å². The zero-order valence-electron chi connectivity index (χ0n) is 16.3. The van der Waals surface area contributed by atoms with Crippen LogP contribution in [-0.2, 0) is 6.54 Å². The van der Waals surface area contributed by atoms with E-state index in [1.165, 1.54) is 0 Å². The molecule has 0 saturated carbocycles. The van der Waals surface area contributed by atoms with Gasteiger partial charge in [0.05, 0.1) is 12.8 Å². The topological polar surface area (TPSA) is 66.7 Å². The van der Waals surface area contributed by atoms with Gasteiger partial charge in [0.2, 0.25) is 0 Å². The van der Waals surface area contributed by atoms with Gasteiger partial charge in [0, 0.05) is 56.7 Å². The van der Waals surface area contributed by atoms with Crippen LogP contribution in [0, 0.1) is 0 Å². The monoisotopic (exact) mass is 518 g/mol. The van der Waals surface area contributed by atoms with Crippen molar-refractivity contribution in [2.45, 2.75) is 25.4 Å². The van der Waals surface area contributed by atoms with Gasteiger partial charge in [0.1, 0.15) is 5.75 Å². The van der Waals surface area contributed by atoms with Crippen LogP contribution in [0.3, 0.4) is 0 Å². The molecule has 0 spiro atoms. The number of nitrogens with one attached hydrogen (secondary N) is 2. The molecule has 1 fully saturated rings. The van der Waals surface area contributed by atoms with Gasteiger partial charge in [0.15, 0.2) is 5.96 Å². The third-order valence-electron chi connectivity index (χ3n) is 4.65. The van der Waals surface area contributed by atoms with E-state index in [1.54, 1.807) is 20.4 Å². The van der Waals surface area contributed by atoms with Crippen LogP contribution in [0.1, 0.15) is 12.8 Å². The lowest BCUT2D eigenvalue weighted by Gasteiger charge is -2.22. The summed E-state index contributed by atoms with van der Waals surface area (Å²) in [6, 6.07) is 7.99. The zero-order chi connectivity index (χ0) is 19.1. The number of nitrogens with zero attached hydrogens (tertiary/aromatic N) is 4. The Kier molecular flexibility index (Phi) is 9.17. The Morgan fingerprint density at radius 2 is 2.29 bits per heavy atom. The van der Waals surface area contributed by atoms with Gasteiger partial charge in [-0.1, -0.05) is 11.6 Å². The molecule has 1 aliphatic rings. The van der Waals surface area contributed by atoms with Gasteiger partial charge < -0.3 is 20.3 Å². The van der Waals surface area contributed by atoms with E-state index in [2.05, 4.69) is 25.6 Å². The van der Waals surface area contributed by atoms with E-state index in [4.69, 9.17) is 16.3 Å². The largest absolute Gasteiger partial charge is 0.495 e. The van der Waals surface area contributed by atoms with Gasteiger partial charge >= 0.3 is 0 Å². The van der Waals surface area contributed by atoms with E-state index in [9.17, 15) is 0 Å². The lowest BCUT2D eigenvalue weighted by Crippen LogP contribution is -2.45. The predicted octanol–water partition coefficient (Wildman–Crippen LogP) is 3.00. The number of aromatic nitrogens is 2. The van der Waals surface area contributed by atoms with Crippen LogP contribution < -0.4 is 20.3 Å². The highest BCUT2D eigenvalue weighted by atomic mass is 127. The summed E-state index contributed by atoms with van der Waals surface area (Å²) >= 11 is 6.17. The normalized spacial score (nSPS) is 16.6. The molecule has 0 radical (unpaired) electrons. The van der Waals surface area contributed by atoms with Crippen LogP contribution in [0.15, 0.2) is 41.7 Å². The third kappa shape index (κ3) is 6.16. The number of benzene rings is 1. The van der Waals surface area contributed by atoms with Crippen molar-refractivity contribution in [3.8, 4) is 5.75 Å². The quantitative estimate of drug-likeness (QED) is 0.255. The minimum atomic E-state index is 0. The molecular weight excluding hydrogens is 491 g/mol. The van der Waals surface area contributed by atoms with E-state index in [0.717, 1.165) is 61.4 Å². The highest BCUT2D eigenvalue weighted by molar-refractivity contribution is 14.0. The third-order valence-corrected chi connectivity index (χ3v) is 4.89. The molecule has 2 heterocycles. The van der Waals surface area contributed by atoms with Crippen molar-refractivity contribution in [1.29, 1.82) is 0 Å². The number of rotatable bonds is 7. The number of halogens is 2.